The van der Waals surface area contributed by atoms with Crippen LogP contribution in [0.3, 0.4) is 0 Å². The van der Waals surface area contributed by atoms with Crippen molar-refractivity contribution in [2.24, 2.45) is 0 Å². The van der Waals surface area contributed by atoms with Crippen LogP contribution in [0.25, 0.3) is 0 Å². The molecule has 2 N–H and O–H groups in total. The van der Waals surface area contributed by atoms with Crippen LogP contribution in [0.1, 0.15) is 93.8 Å². The molecule has 3 saturated heterocycles. The number of aliphatic carboxylic acids is 1. The van der Waals surface area contributed by atoms with Crippen molar-refractivity contribution >= 4 is 71.0 Å². The zero-order chi connectivity index (χ0) is 39.4. The number of ether oxygens (including phenoxy) is 2. The molecule has 6 atom stereocenters. The summed E-state index contributed by atoms with van der Waals surface area (Å²) in [7, 11) is 0. The fourth-order valence-electron chi connectivity index (χ4n) is 7.44. The molecule has 2 unspecified atom stereocenters. The Hall–Kier alpha value is -4.74. The Labute approximate surface area is 325 Å². The number of nitrogens with zero attached hydrogens (tertiary/aromatic N) is 3. The molecule has 0 radical (unpaired) electrons. The van der Waals surface area contributed by atoms with E-state index in [1.165, 1.54) is 12.1 Å². The van der Waals surface area contributed by atoms with E-state index in [1.807, 2.05) is 0 Å². The van der Waals surface area contributed by atoms with Gasteiger partial charge in [0.05, 0.1) is 46.2 Å². The summed E-state index contributed by atoms with van der Waals surface area (Å²) >= 11 is 3.14. The van der Waals surface area contributed by atoms with Gasteiger partial charge in [-0.25, -0.2) is 9.59 Å². The number of imide groups is 2. The largest absolute Gasteiger partial charge is 0.480 e. The lowest BCUT2D eigenvalue weighted by Gasteiger charge is -2.31. The second kappa shape index (κ2) is 17.4. The average molecular weight is 795 g/mol. The van der Waals surface area contributed by atoms with Crippen molar-refractivity contribution in [2.45, 2.75) is 87.3 Å². The second-order valence-corrected chi connectivity index (χ2v) is 15.8. The summed E-state index contributed by atoms with van der Waals surface area (Å²) in [5, 5.41) is 12.6. The molecule has 0 aliphatic carbocycles. The number of carbonyl (C=O) groups is 8. The SMILES string of the molecule is CCOC(=O)[C@@H]1CSC(CCC[C@@H](C(=O)O)N2C(=O)c3ccccc3C2=O)N1.CCOC(=O)[C@@H]1CSC2CCC[C@H](N3C(=O)c4ccccc4C3=O)C(=O)N21. The number of nitrogens with one attached hydrogen (secondary N) is 1. The minimum atomic E-state index is -1.21. The molecular formula is C38H42N4O11S2. The van der Waals surface area contributed by atoms with Gasteiger partial charge in [0.15, 0.2) is 0 Å². The number of esters is 2. The molecule has 5 amide bonds. The third-order valence-corrected chi connectivity index (χ3v) is 12.7. The van der Waals surface area contributed by atoms with Gasteiger partial charge < -0.3 is 19.5 Å². The van der Waals surface area contributed by atoms with Crippen LogP contribution < -0.4 is 5.32 Å². The van der Waals surface area contributed by atoms with E-state index < -0.39 is 53.7 Å². The van der Waals surface area contributed by atoms with Gasteiger partial charge in [0, 0.05) is 11.5 Å². The summed E-state index contributed by atoms with van der Waals surface area (Å²) in [4.78, 5) is 103. The molecular weight excluding hydrogens is 753 g/mol. The zero-order valence-electron chi connectivity index (χ0n) is 30.3. The topological polar surface area (TPSA) is 197 Å². The Balaban J connectivity index is 0.000000187. The Bertz CT molecular complexity index is 1820. The van der Waals surface area contributed by atoms with E-state index in [-0.39, 0.29) is 52.8 Å². The van der Waals surface area contributed by atoms with Crippen molar-refractivity contribution in [3.63, 3.8) is 0 Å². The summed E-state index contributed by atoms with van der Waals surface area (Å²) in [6.07, 6.45) is 3.11. The fraction of sp³-hybridized carbons (Fsp3) is 0.474. The maximum absolute atomic E-state index is 13.3. The van der Waals surface area contributed by atoms with Crippen molar-refractivity contribution < 1.29 is 52.9 Å². The summed E-state index contributed by atoms with van der Waals surface area (Å²) in [5.41, 5.74) is 1.13. The number of benzene rings is 2. The molecule has 55 heavy (non-hydrogen) atoms. The van der Waals surface area contributed by atoms with E-state index in [1.54, 1.807) is 78.7 Å². The van der Waals surface area contributed by atoms with Crippen molar-refractivity contribution in [3.05, 3.63) is 70.8 Å². The van der Waals surface area contributed by atoms with Gasteiger partial charge in [-0.3, -0.25) is 43.9 Å². The molecule has 0 bridgehead atoms. The van der Waals surface area contributed by atoms with Crippen LogP contribution in [-0.2, 0) is 28.7 Å². The van der Waals surface area contributed by atoms with Gasteiger partial charge in [-0.15, -0.1) is 23.5 Å². The number of thioether (sulfide) groups is 2. The number of carboxylic acid groups (broad SMARTS) is 1. The van der Waals surface area contributed by atoms with Gasteiger partial charge >= 0.3 is 17.9 Å². The summed E-state index contributed by atoms with van der Waals surface area (Å²) in [6, 6.07) is 9.85. The molecule has 2 aromatic rings. The Morgan fingerprint density at radius 3 is 1.93 bits per heavy atom. The summed E-state index contributed by atoms with van der Waals surface area (Å²) in [6.45, 7) is 4.05. The molecule has 0 saturated carbocycles. The fourth-order valence-corrected chi connectivity index (χ4v) is 10.1. The monoisotopic (exact) mass is 794 g/mol. The third-order valence-electron chi connectivity index (χ3n) is 10.0. The highest BCUT2D eigenvalue weighted by Gasteiger charge is 2.51. The normalized spacial score (nSPS) is 24.8. The van der Waals surface area contributed by atoms with Gasteiger partial charge in [-0.1, -0.05) is 24.3 Å². The van der Waals surface area contributed by atoms with Crippen LogP contribution in [0.2, 0.25) is 0 Å². The van der Waals surface area contributed by atoms with Crippen molar-refractivity contribution in [1.82, 2.24) is 20.0 Å². The first-order chi connectivity index (χ1) is 26.5. The number of rotatable bonds is 11. The van der Waals surface area contributed by atoms with Gasteiger partial charge in [-0.2, -0.15) is 0 Å². The molecule has 17 heteroatoms. The molecule has 2 aromatic carbocycles. The molecule has 5 aliphatic heterocycles. The van der Waals surface area contributed by atoms with Crippen LogP contribution >= 0.6 is 23.5 Å². The minimum Gasteiger partial charge on any atom is -0.480 e. The Morgan fingerprint density at radius 2 is 1.36 bits per heavy atom. The maximum atomic E-state index is 13.3. The lowest BCUT2D eigenvalue weighted by molar-refractivity contribution is -0.154. The molecule has 7 rings (SSSR count). The van der Waals surface area contributed by atoms with Crippen LogP contribution in [0, 0.1) is 0 Å². The number of hydrogen-bond donors (Lipinski definition) is 2. The highest BCUT2D eigenvalue weighted by atomic mass is 32.2. The molecule has 0 aromatic heterocycles. The highest BCUT2D eigenvalue weighted by Crippen LogP contribution is 2.38. The van der Waals surface area contributed by atoms with Gasteiger partial charge in [-0.05, 0) is 76.6 Å². The molecule has 0 spiro atoms. The summed E-state index contributed by atoms with van der Waals surface area (Å²) in [5.74, 6) is -3.18. The standard InChI is InChI=1S/C19H22N2O6S.C19H20N2O5S/c1-2-27-19(26)13-10-28-15(20-13)9-5-8-14(18(24)25)21-16(22)11-6-3-4-7-12(11)17(21)23;1-2-26-19(25)14-10-27-15-9-5-8-13(18(24)20(14)15)21-16(22)11-6-3-4-7-12(11)17(21)23/h3-4,6-7,13-15,20H,2,5,8-10H2,1H3,(H,24,25);3-4,6-7,13-15H,2,5,8-10H2,1H3/t2*13-,14-,15?/m00/s1. The predicted molar refractivity (Wildman–Crippen MR) is 200 cm³/mol. The van der Waals surface area contributed by atoms with Gasteiger partial charge in [0.2, 0.25) is 5.91 Å². The maximum Gasteiger partial charge on any atom is 0.329 e. The number of carboxylic acids is 1. The Morgan fingerprint density at radius 1 is 0.800 bits per heavy atom. The van der Waals surface area contributed by atoms with Crippen LogP contribution in [0.15, 0.2) is 48.5 Å². The molecule has 5 aliphatic rings. The molecule has 292 valence electrons. The first-order valence-electron chi connectivity index (χ1n) is 18.3. The second-order valence-electron chi connectivity index (χ2n) is 13.4. The van der Waals surface area contributed by atoms with E-state index in [4.69, 9.17) is 9.47 Å². The first kappa shape index (κ1) is 39.9. The average Bonchev–Trinajstić information content (AvgIpc) is 3.92. The number of hydrogen-bond acceptors (Lipinski definition) is 13. The molecule has 5 heterocycles. The quantitative estimate of drug-likeness (QED) is 0.249. The lowest BCUT2D eigenvalue weighted by atomic mass is 10.1. The zero-order valence-corrected chi connectivity index (χ0v) is 32.0. The van der Waals surface area contributed by atoms with Crippen LogP contribution in [0.4, 0.5) is 0 Å². The third kappa shape index (κ3) is 8.00. The smallest absolute Gasteiger partial charge is 0.329 e. The van der Waals surface area contributed by atoms with Crippen molar-refractivity contribution in [3.8, 4) is 0 Å². The van der Waals surface area contributed by atoms with Crippen LogP contribution in [0.5, 0.6) is 0 Å². The molecule has 15 nitrogen and oxygen atoms in total. The number of fused-ring (bicyclic) bond motifs is 3. The van der Waals surface area contributed by atoms with Gasteiger partial charge in [0.25, 0.3) is 23.6 Å². The van der Waals surface area contributed by atoms with Crippen LogP contribution in [-0.4, -0.2) is 127 Å². The minimum absolute atomic E-state index is 0.00558. The van der Waals surface area contributed by atoms with E-state index in [0.717, 1.165) is 16.2 Å². The van der Waals surface area contributed by atoms with Crippen molar-refractivity contribution in [2.75, 3.05) is 24.7 Å². The van der Waals surface area contributed by atoms with E-state index in [0.29, 0.717) is 54.9 Å². The lowest BCUT2D eigenvalue weighted by Crippen LogP contribution is -2.54. The van der Waals surface area contributed by atoms with Crippen molar-refractivity contribution in [1.29, 1.82) is 0 Å². The van der Waals surface area contributed by atoms with E-state index in [9.17, 15) is 43.5 Å². The van der Waals surface area contributed by atoms with E-state index >= 15 is 0 Å². The first-order valence-corrected chi connectivity index (χ1v) is 20.4. The number of carbonyl (C=O) groups excluding carboxylic acids is 7. The Kier molecular flexibility index (Phi) is 12.6. The van der Waals surface area contributed by atoms with Gasteiger partial charge in [0.1, 0.15) is 24.2 Å². The molecule has 3 fully saturated rings. The van der Waals surface area contributed by atoms with E-state index in [2.05, 4.69) is 5.32 Å². The highest BCUT2D eigenvalue weighted by molar-refractivity contribution is 8.00. The summed E-state index contributed by atoms with van der Waals surface area (Å²) < 4.78 is 10.1. The predicted octanol–water partition coefficient (Wildman–Crippen LogP) is 3.17. The number of amides is 5.